The molecule has 0 heterocycles. The number of hydrogen-bond donors (Lipinski definition) is 1. The van der Waals surface area contributed by atoms with E-state index in [1.165, 1.54) is 13.1 Å². The number of nitrogens with one attached hydrogen (secondary N) is 1. The maximum Gasteiger partial charge on any atom is 0.170 e. The molecule has 0 aromatic heterocycles. The highest BCUT2D eigenvalue weighted by atomic mass is 28.2. The van der Waals surface area contributed by atoms with Crippen LogP contribution in [0.4, 0.5) is 0 Å². The van der Waals surface area contributed by atoms with E-state index in [2.05, 4.69) is 37.2 Å². The summed E-state index contributed by atoms with van der Waals surface area (Å²) in [5.74, 6) is 0.807. The van der Waals surface area contributed by atoms with Gasteiger partial charge in [0.05, 0.1) is 0 Å². The van der Waals surface area contributed by atoms with Crippen LogP contribution in [0.3, 0.4) is 0 Å². The Kier molecular flexibility index (Phi) is 6.91. The molecule has 0 spiro atoms. The quantitative estimate of drug-likeness (QED) is 0.592. The molecule has 2 nitrogen and oxygen atoms in total. The van der Waals surface area contributed by atoms with Crippen molar-refractivity contribution in [2.45, 2.75) is 27.7 Å². The average molecular weight is 174 g/mol. The van der Waals surface area contributed by atoms with Crippen LogP contribution in [-0.4, -0.2) is 34.0 Å². The fourth-order valence-corrected chi connectivity index (χ4v) is 2.50. The van der Waals surface area contributed by atoms with Gasteiger partial charge in [-0.25, -0.2) is 0 Å². The van der Waals surface area contributed by atoms with Crippen molar-refractivity contribution in [2.24, 2.45) is 5.92 Å². The van der Waals surface area contributed by atoms with Gasteiger partial charge in [0.25, 0.3) is 0 Å². The molecule has 0 atom stereocenters. The van der Waals surface area contributed by atoms with E-state index in [1.54, 1.807) is 0 Å². The summed E-state index contributed by atoms with van der Waals surface area (Å²) in [6, 6.07) is 0. The summed E-state index contributed by atoms with van der Waals surface area (Å²) >= 11 is 0. The lowest BCUT2D eigenvalue weighted by Crippen LogP contribution is -2.39. The summed E-state index contributed by atoms with van der Waals surface area (Å²) in [7, 11) is -0.134. The highest BCUT2D eigenvalue weighted by Gasteiger charge is 2.03. The van der Waals surface area contributed by atoms with E-state index in [1.807, 2.05) is 0 Å². The third-order valence-corrected chi connectivity index (χ3v) is 3.53. The first kappa shape index (κ1) is 11.1. The van der Waals surface area contributed by atoms with Gasteiger partial charge in [0.2, 0.25) is 0 Å². The zero-order valence-corrected chi connectivity index (χ0v) is 9.77. The van der Waals surface area contributed by atoms with Crippen molar-refractivity contribution in [1.29, 1.82) is 0 Å². The largest absolute Gasteiger partial charge is 0.331 e. The van der Waals surface area contributed by atoms with Crippen LogP contribution in [0.5, 0.6) is 0 Å². The van der Waals surface area contributed by atoms with Crippen LogP contribution in [0, 0.1) is 5.92 Å². The summed E-state index contributed by atoms with van der Waals surface area (Å²) in [5.41, 5.74) is 0. The van der Waals surface area contributed by atoms with Crippen molar-refractivity contribution in [3.8, 4) is 0 Å². The molecule has 0 aliphatic carbocycles. The molecule has 0 radical (unpaired) electrons. The standard InChI is InChI=1S/C8H22N2Si/c1-5-9-11-10(6-2)7-8(3)4/h8-9H,5-7,11H2,1-4H3. The van der Waals surface area contributed by atoms with Gasteiger partial charge >= 0.3 is 0 Å². The third kappa shape index (κ3) is 6.53. The Morgan fingerprint density at radius 1 is 1.36 bits per heavy atom. The predicted octanol–water partition coefficient (Wildman–Crippen LogP) is 0.573. The van der Waals surface area contributed by atoms with Gasteiger partial charge in [0.1, 0.15) is 0 Å². The second kappa shape index (κ2) is 6.82. The minimum Gasteiger partial charge on any atom is -0.331 e. The van der Waals surface area contributed by atoms with Gasteiger partial charge in [-0.1, -0.05) is 27.7 Å². The molecule has 0 bridgehead atoms. The fraction of sp³-hybridized carbons (Fsp3) is 1.00. The van der Waals surface area contributed by atoms with Gasteiger partial charge in [-0.2, -0.15) is 0 Å². The SMILES string of the molecule is CCN[SiH2]N(CC)CC(C)C. The van der Waals surface area contributed by atoms with Gasteiger partial charge in [-0.05, 0) is 25.6 Å². The van der Waals surface area contributed by atoms with Crippen LogP contribution in [0.1, 0.15) is 27.7 Å². The molecule has 0 aromatic carbocycles. The molecule has 0 saturated carbocycles. The average Bonchev–Trinajstić information content (AvgIpc) is 1.97. The highest BCUT2D eigenvalue weighted by Crippen LogP contribution is 1.94. The van der Waals surface area contributed by atoms with E-state index in [9.17, 15) is 0 Å². The van der Waals surface area contributed by atoms with Gasteiger partial charge in [-0.3, -0.25) is 0 Å². The summed E-state index contributed by atoms with van der Waals surface area (Å²) in [6.07, 6.45) is 0. The van der Waals surface area contributed by atoms with Crippen LogP contribution >= 0.6 is 0 Å². The molecular weight excluding hydrogens is 152 g/mol. The second-order valence-electron chi connectivity index (χ2n) is 3.33. The van der Waals surface area contributed by atoms with Crippen LogP contribution < -0.4 is 4.98 Å². The topological polar surface area (TPSA) is 15.3 Å². The lowest BCUT2D eigenvalue weighted by molar-refractivity contribution is 0.396. The fourth-order valence-electron chi connectivity index (χ4n) is 1.09. The maximum atomic E-state index is 3.47. The molecule has 0 fully saturated rings. The van der Waals surface area contributed by atoms with Gasteiger partial charge in [0, 0.05) is 0 Å². The van der Waals surface area contributed by atoms with Crippen molar-refractivity contribution >= 4 is 9.84 Å². The third-order valence-electron chi connectivity index (χ3n) is 1.66. The first-order valence-corrected chi connectivity index (χ1v) is 5.97. The Labute approximate surface area is 73.3 Å². The highest BCUT2D eigenvalue weighted by molar-refractivity contribution is 6.28. The first-order valence-electron chi connectivity index (χ1n) is 4.63. The van der Waals surface area contributed by atoms with Crippen molar-refractivity contribution in [3.05, 3.63) is 0 Å². The second-order valence-corrected chi connectivity index (χ2v) is 5.04. The molecule has 0 rings (SSSR count). The molecule has 0 unspecified atom stereocenters. The molecule has 0 saturated heterocycles. The normalized spacial score (nSPS) is 12.5. The Bertz CT molecular complexity index is 86.2. The maximum absolute atomic E-state index is 3.47. The van der Waals surface area contributed by atoms with Crippen LogP contribution in [-0.2, 0) is 0 Å². The lowest BCUT2D eigenvalue weighted by Gasteiger charge is -2.21. The van der Waals surface area contributed by atoms with Gasteiger partial charge in [0.15, 0.2) is 9.84 Å². The van der Waals surface area contributed by atoms with E-state index in [0.717, 1.165) is 12.5 Å². The van der Waals surface area contributed by atoms with Crippen LogP contribution in [0.15, 0.2) is 0 Å². The molecular formula is C8H22N2Si. The predicted molar refractivity (Wildman–Crippen MR) is 54.3 cm³/mol. The number of hydrogen-bond acceptors (Lipinski definition) is 2. The molecule has 1 N–H and O–H groups in total. The lowest BCUT2D eigenvalue weighted by atomic mass is 10.2. The minimum atomic E-state index is -0.134. The Morgan fingerprint density at radius 2 is 2.00 bits per heavy atom. The van der Waals surface area contributed by atoms with Gasteiger partial charge < -0.3 is 9.55 Å². The first-order chi connectivity index (χ1) is 5.20. The van der Waals surface area contributed by atoms with E-state index >= 15 is 0 Å². The van der Waals surface area contributed by atoms with Crippen molar-refractivity contribution in [1.82, 2.24) is 9.55 Å². The zero-order chi connectivity index (χ0) is 8.69. The molecule has 0 amide bonds. The number of rotatable bonds is 6. The molecule has 11 heavy (non-hydrogen) atoms. The van der Waals surface area contributed by atoms with Crippen molar-refractivity contribution < 1.29 is 0 Å². The summed E-state index contributed by atoms with van der Waals surface area (Å²) in [5, 5.41) is 0. The van der Waals surface area contributed by atoms with Crippen molar-refractivity contribution in [2.75, 3.05) is 19.6 Å². The monoisotopic (exact) mass is 174 g/mol. The molecule has 0 aliphatic heterocycles. The number of nitrogens with zero attached hydrogens (tertiary/aromatic N) is 1. The van der Waals surface area contributed by atoms with E-state index in [0.29, 0.717) is 0 Å². The van der Waals surface area contributed by atoms with Crippen molar-refractivity contribution in [3.63, 3.8) is 0 Å². The molecule has 68 valence electrons. The smallest absolute Gasteiger partial charge is 0.170 e. The molecule has 0 aromatic rings. The van der Waals surface area contributed by atoms with Gasteiger partial charge in [-0.15, -0.1) is 0 Å². The summed E-state index contributed by atoms with van der Waals surface area (Å²) in [6.45, 7) is 12.6. The summed E-state index contributed by atoms with van der Waals surface area (Å²) < 4.78 is 2.56. The van der Waals surface area contributed by atoms with E-state index < -0.39 is 0 Å². The minimum absolute atomic E-state index is 0.134. The Hall–Kier alpha value is 0.137. The van der Waals surface area contributed by atoms with E-state index in [4.69, 9.17) is 0 Å². The molecule has 0 aliphatic rings. The zero-order valence-electron chi connectivity index (χ0n) is 8.35. The summed E-state index contributed by atoms with van der Waals surface area (Å²) in [4.78, 5) is 3.47. The molecule has 3 heteroatoms. The van der Waals surface area contributed by atoms with Crippen LogP contribution in [0.25, 0.3) is 0 Å². The Balaban J connectivity index is 3.41. The Morgan fingerprint density at radius 3 is 2.36 bits per heavy atom. The van der Waals surface area contributed by atoms with Crippen LogP contribution in [0.2, 0.25) is 0 Å². The van der Waals surface area contributed by atoms with E-state index in [-0.39, 0.29) is 9.84 Å².